The Labute approximate surface area is 163 Å². The molecule has 2 atom stereocenters. The maximum Gasteiger partial charge on any atom is 0.191 e. The lowest BCUT2D eigenvalue weighted by atomic mass is 10.1. The minimum absolute atomic E-state index is 0. The average Bonchev–Trinajstić information content (AvgIpc) is 2.55. The SMILES string of the molecule is CCC(C)N(C)CCNC(=NC)NC(C)c1ccc(C)c(F)c1.I. The number of benzene rings is 1. The second-order valence-corrected chi connectivity index (χ2v) is 6.11. The van der Waals surface area contributed by atoms with E-state index >= 15 is 0 Å². The van der Waals surface area contributed by atoms with E-state index in [4.69, 9.17) is 0 Å². The smallest absolute Gasteiger partial charge is 0.191 e. The van der Waals surface area contributed by atoms with E-state index in [0.717, 1.165) is 31.0 Å². The Morgan fingerprint density at radius 2 is 2.00 bits per heavy atom. The Morgan fingerprint density at radius 1 is 1.33 bits per heavy atom. The van der Waals surface area contributed by atoms with Gasteiger partial charge in [-0.3, -0.25) is 4.99 Å². The number of nitrogens with zero attached hydrogens (tertiary/aromatic N) is 2. The topological polar surface area (TPSA) is 39.7 Å². The van der Waals surface area contributed by atoms with Gasteiger partial charge < -0.3 is 15.5 Å². The van der Waals surface area contributed by atoms with Gasteiger partial charge in [0, 0.05) is 26.2 Å². The van der Waals surface area contributed by atoms with E-state index in [1.165, 1.54) is 0 Å². The number of hydrogen-bond donors (Lipinski definition) is 2. The largest absolute Gasteiger partial charge is 0.355 e. The molecule has 138 valence electrons. The van der Waals surface area contributed by atoms with Crippen molar-refractivity contribution in [2.45, 2.75) is 46.2 Å². The predicted octanol–water partition coefficient (Wildman–Crippen LogP) is 3.71. The van der Waals surface area contributed by atoms with Gasteiger partial charge in [0.25, 0.3) is 0 Å². The van der Waals surface area contributed by atoms with Gasteiger partial charge in [0.05, 0.1) is 6.04 Å². The average molecular weight is 450 g/mol. The lowest BCUT2D eigenvalue weighted by molar-refractivity contribution is 0.255. The summed E-state index contributed by atoms with van der Waals surface area (Å²) >= 11 is 0. The zero-order chi connectivity index (χ0) is 17.4. The lowest BCUT2D eigenvalue weighted by Crippen LogP contribution is -2.43. The van der Waals surface area contributed by atoms with Crippen LogP contribution >= 0.6 is 24.0 Å². The molecule has 0 fully saturated rings. The zero-order valence-corrected chi connectivity index (χ0v) is 18.0. The molecular weight excluding hydrogens is 418 g/mol. The zero-order valence-electron chi connectivity index (χ0n) is 15.7. The third-order valence-corrected chi connectivity index (χ3v) is 4.37. The van der Waals surface area contributed by atoms with Crippen molar-refractivity contribution in [1.29, 1.82) is 0 Å². The summed E-state index contributed by atoms with van der Waals surface area (Å²) in [5.74, 6) is 0.560. The number of hydrogen-bond acceptors (Lipinski definition) is 2. The van der Waals surface area contributed by atoms with E-state index in [-0.39, 0.29) is 35.8 Å². The molecule has 0 saturated carbocycles. The van der Waals surface area contributed by atoms with Crippen LogP contribution in [0.1, 0.15) is 44.4 Å². The summed E-state index contributed by atoms with van der Waals surface area (Å²) in [5.41, 5.74) is 1.57. The van der Waals surface area contributed by atoms with Gasteiger partial charge in [0.15, 0.2) is 5.96 Å². The molecule has 0 aliphatic rings. The standard InChI is InChI=1S/C18H31FN4.HI/c1-7-14(3)23(6)11-10-21-18(20-5)22-15(4)16-9-8-13(2)17(19)12-16;/h8-9,12,14-15H,7,10-11H2,1-6H3,(H2,20,21,22);1H. The van der Waals surface area contributed by atoms with Gasteiger partial charge in [-0.05, 0) is 51.4 Å². The van der Waals surface area contributed by atoms with Crippen LogP contribution < -0.4 is 10.6 Å². The molecule has 0 radical (unpaired) electrons. The first-order chi connectivity index (χ1) is 10.9. The summed E-state index contributed by atoms with van der Waals surface area (Å²) in [5, 5.41) is 6.61. The summed E-state index contributed by atoms with van der Waals surface area (Å²) in [6.07, 6.45) is 1.14. The molecule has 0 aliphatic carbocycles. The van der Waals surface area contributed by atoms with Gasteiger partial charge >= 0.3 is 0 Å². The predicted molar refractivity (Wildman–Crippen MR) is 112 cm³/mol. The fraction of sp³-hybridized carbons (Fsp3) is 0.611. The Kier molecular flexibility index (Phi) is 11.2. The van der Waals surface area contributed by atoms with Crippen molar-refractivity contribution >= 4 is 29.9 Å². The summed E-state index contributed by atoms with van der Waals surface area (Å²) < 4.78 is 13.7. The van der Waals surface area contributed by atoms with Crippen LogP contribution in [0.4, 0.5) is 4.39 Å². The molecule has 0 aliphatic heterocycles. The highest BCUT2D eigenvalue weighted by molar-refractivity contribution is 14.0. The number of aryl methyl sites for hydroxylation is 1. The lowest BCUT2D eigenvalue weighted by Gasteiger charge is -2.24. The molecule has 1 aromatic rings. The van der Waals surface area contributed by atoms with Gasteiger partial charge in [-0.2, -0.15) is 0 Å². The Morgan fingerprint density at radius 3 is 2.54 bits per heavy atom. The first kappa shape index (κ1) is 23.1. The van der Waals surface area contributed by atoms with E-state index in [9.17, 15) is 4.39 Å². The molecular formula is C18H32FIN4. The van der Waals surface area contributed by atoms with Crippen LogP contribution in [-0.2, 0) is 0 Å². The van der Waals surface area contributed by atoms with Crippen LogP contribution in [0, 0.1) is 12.7 Å². The van der Waals surface area contributed by atoms with E-state index in [0.29, 0.717) is 11.6 Å². The van der Waals surface area contributed by atoms with Gasteiger partial charge in [-0.1, -0.05) is 19.1 Å². The molecule has 2 N–H and O–H groups in total. The molecule has 0 bridgehead atoms. The summed E-state index contributed by atoms with van der Waals surface area (Å²) in [6, 6.07) is 5.89. The van der Waals surface area contributed by atoms with Crippen LogP contribution in [0.2, 0.25) is 0 Å². The molecule has 6 heteroatoms. The summed E-state index contributed by atoms with van der Waals surface area (Å²) in [7, 11) is 3.87. The van der Waals surface area contributed by atoms with Crippen LogP contribution in [0.5, 0.6) is 0 Å². The highest BCUT2D eigenvalue weighted by atomic mass is 127. The molecule has 24 heavy (non-hydrogen) atoms. The normalized spacial score (nSPS) is 14.1. The first-order valence-corrected chi connectivity index (χ1v) is 8.32. The highest BCUT2D eigenvalue weighted by Crippen LogP contribution is 2.16. The number of likely N-dealkylation sites (N-methyl/N-ethyl adjacent to an activating group) is 1. The molecule has 4 nitrogen and oxygen atoms in total. The number of nitrogens with one attached hydrogen (secondary N) is 2. The maximum absolute atomic E-state index is 13.7. The molecule has 2 unspecified atom stereocenters. The molecule has 0 aromatic heterocycles. The van der Waals surface area contributed by atoms with Crippen molar-refractivity contribution in [3.63, 3.8) is 0 Å². The van der Waals surface area contributed by atoms with Gasteiger partial charge in [-0.15, -0.1) is 24.0 Å². The minimum Gasteiger partial charge on any atom is -0.355 e. The Balaban J connectivity index is 0.00000529. The molecule has 0 saturated heterocycles. The fourth-order valence-corrected chi connectivity index (χ4v) is 2.24. The molecule has 0 spiro atoms. The number of rotatable bonds is 7. The monoisotopic (exact) mass is 450 g/mol. The van der Waals surface area contributed by atoms with Crippen LogP contribution in [0.15, 0.2) is 23.2 Å². The quantitative estimate of drug-likeness (QED) is 0.378. The third kappa shape index (κ3) is 7.34. The summed E-state index contributed by atoms with van der Waals surface area (Å²) in [6.45, 7) is 9.95. The van der Waals surface area contributed by atoms with E-state index < -0.39 is 0 Å². The highest BCUT2D eigenvalue weighted by Gasteiger charge is 2.10. The van der Waals surface area contributed by atoms with Crippen molar-refractivity contribution in [3.05, 3.63) is 35.1 Å². The van der Waals surface area contributed by atoms with Gasteiger partial charge in [0.1, 0.15) is 5.82 Å². The first-order valence-electron chi connectivity index (χ1n) is 8.32. The maximum atomic E-state index is 13.7. The van der Waals surface area contributed by atoms with Crippen molar-refractivity contribution in [2.24, 2.45) is 4.99 Å². The van der Waals surface area contributed by atoms with Gasteiger partial charge in [0.2, 0.25) is 0 Å². The minimum atomic E-state index is -0.172. The molecule has 0 heterocycles. The van der Waals surface area contributed by atoms with Crippen LogP contribution in [-0.4, -0.2) is 44.1 Å². The Hall–Kier alpha value is -0.890. The van der Waals surface area contributed by atoms with Crippen molar-refractivity contribution in [3.8, 4) is 0 Å². The second-order valence-electron chi connectivity index (χ2n) is 6.11. The van der Waals surface area contributed by atoms with E-state index in [1.807, 2.05) is 13.0 Å². The van der Waals surface area contributed by atoms with Crippen LogP contribution in [0.25, 0.3) is 0 Å². The number of aliphatic imine (C=N–C) groups is 1. The van der Waals surface area contributed by atoms with Crippen molar-refractivity contribution in [2.75, 3.05) is 27.2 Å². The van der Waals surface area contributed by atoms with Crippen LogP contribution in [0.3, 0.4) is 0 Å². The van der Waals surface area contributed by atoms with Gasteiger partial charge in [-0.25, -0.2) is 4.39 Å². The number of guanidine groups is 1. The Bertz CT molecular complexity index is 522. The molecule has 1 aromatic carbocycles. The second kappa shape index (κ2) is 11.6. The molecule has 1 rings (SSSR count). The van der Waals surface area contributed by atoms with Crippen molar-refractivity contribution in [1.82, 2.24) is 15.5 Å². The van der Waals surface area contributed by atoms with E-state index in [2.05, 4.69) is 41.4 Å². The third-order valence-electron chi connectivity index (χ3n) is 4.37. The van der Waals surface area contributed by atoms with E-state index in [1.54, 1.807) is 26.1 Å². The fourth-order valence-electron chi connectivity index (χ4n) is 2.24. The number of halogens is 2. The molecule has 0 amide bonds. The summed E-state index contributed by atoms with van der Waals surface area (Å²) in [4.78, 5) is 6.56. The van der Waals surface area contributed by atoms with Crippen molar-refractivity contribution < 1.29 is 4.39 Å².